The average molecular weight is 565 g/mol. The molecule has 0 radical (unpaired) electrons. The van der Waals surface area contributed by atoms with Crippen molar-refractivity contribution in [2.24, 2.45) is 10.8 Å². The van der Waals surface area contributed by atoms with Crippen molar-refractivity contribution >= 4 is 23.1 Å². The molecule has 0 aromatic carbocycles. The molecule has 4 aromatic heterocycles. The number of hydrogen-bond donors (Lipinski definition) is 3. The molecule has 0 unspecified atom stereocenters. The van der Waals surface area contributed by atoms with Crippen molar-refractivity contribution in [3.63, 3.8) is 0 Å². The Morgan fingerprint density at radius 3 is 2.24 bits per heavy atom. The van der Waals surface area contributed by atoms with Gasteiger partial charge >= 0.3 is 0 Å². The van der Waals surface area contributed by atoms with E-state index in [-0.39, 0.29) is 30.5 Å². The maximum Gasteiger partial charge on any atom is 0.271 e. The molecule has 0 fully saturated rings. The number of ether oxygens (including phenoxy) is 1. The molecule has 0 aliphatic rings. The Balaban J connectivity index is 1.49. The molecule has 3 N–H and O–H groups in total. The molecule has 0 aliphatic heterocycles. The van der Waals surface area contributed by atoms with E-state index in [1.807, 2.05) is 67.5 Å². The zero-order valence-corrected chi connectivity index (χ0v) is 25.4. The quantitative estimate of drug-likeness (QED) is 0.283. The fourth-order valence-corrected chi connectivity index (χ4v) is 4.65. The first-order valence-electron chi connectivity index (χ1n) is 13.7. The predicted octanol–water partition coefficient (Wildman–Crippen LogP) is 2.94. The Kier molecular flexibility index (Phi) is 7.97. The van der Waals surface area contributed by atoms with Gasteiger partial charge in [-0.25, -0.2) is 19.0 Å². The maximum atomic E-state index is 13.2. The largest absolute Gasteiger partial charge is 0.480 e. The standard InChI is InChI=1S/C29H40N8O4/c1-16-12-17(2)36-22(32-16)20(24(38)34-36)14-31-27(40)29(7,8)11-10-19-13-18(3)37-23(33-19)21(25(35-37)41-9)15-30-26(39)28(4,5)6/h12-13H,10-11,14-15H2,1-9H3,(H,30,39)(H,31,40)(H,34,38). The van der Waals surface area contributed by atoms with Crippen LogP contribution in [-0.4, -0.2) is 48.1 Å². The van der Waals surface area contributed by atoms with Gasteiger partial charge in [-0.3, -0.25) is 19.5 Å². The smallest absolute Gasteiger partial charge is 0.271 e. The van der Waals surface area contributed by atoms with E-state index in [1.54, 1.807) is 9.03 Å². The first-order chi connectivity index (χ1) is 19.1. The molecule has 12 heteroatoms. The Morgan fingerprint density at radius 2 is 1.59 bits per heavy atom. The number of aromatic nitrogens is 6. The van der Waals surface area contributed by atoms with Gasteiger partial charge in [-0.15, -0.1) is 5.10 Å². The second-order valence-electron chi connectivity index (χ2n) is 12.2. The first kappa shape index (κ1) is 29.8. The van der Waals surface area contributed by atoms with Gasteiger partial charge in [0.15, 0.2) is 11.3 Å². The molecule has 0 atom stereocenters. The van der Waals surface area contributed by atoms with Crippen molar-refractivity contribution in [2.75, 3.05) is 7.11 Å². The van der Waals surface area contributed by atoms with Crippen LogP contribution in [0.2, 0.25) is 0 Å². The number of amides is 2. The summed E-state index contributed by atoms with van der Waals surface area (Å²) in [6, 6.07) is 3.82. The monoisotopic (exact) mass is 564 g/mol. The highest BCUT2D eigenvalue weighted by atomic mass is 16.5. The summed E-state index contributed by atoms with van der Waals surface area (Å²) >= 11 is 0. The molecule has 0 spiro atoms. The molecule has 220 valence electrons. The van der Waals surface area contributed by atoms with Crippen LogP contribution in [0.15, 0.2) is 16.9 Å². The van der Waals surface area contributed by atoms with Crippen LogP contribution in [0, 0.1) is 31.6 Å². The van der Waals surface area contributed by atoms with Crippen LogP contribution in [0.4, 0.5) is 0 Å². The van der Waals surface area contributed by atoms with Crippen LogP contribution in [0.3, 0.4) is 0 Å². The molecule has 4 heterocycles. The van der Waals surface area contributed by atoms with Crippen molar-refractivity contribution in [2.45, 2.75) is 81.3 Å². The van der Waals surface area contributed by atoms with Gasteiger partial charge in [0.05, 0.1) is 31.3 Å². The normalized spacial score (nSPS) is 12.2. The molecule has 0 aliphatic carbocycles. The second-order valence-corrected chi connectivity index (χ2v) is 12.2. The summed E-state index contributed by atoms with van der Waals surface area (Å²) < 4.78 is 8.83. The molecule has 12 nitrogen and oxygen atoms in total. The predicted molar refractivity (Wildman–Crippen MR) is 155 cm³/mol. The van der Waals surface area contributed by atoms with Gasteiger partial charge in [0.2, 0.25) is 17.7 Å². The highest BCUT2D eigenvalue weighted by molar-refractivity contribution is 5.82. The van der Waals surface area contributed by atoms with Gasteiger partial charge in [-0.2, -0.15) is 0 Å². The van der Waals surface area contributed by atoms with Crippen molar-refractivity contribution in [1.82, 2.24) is 39.8 Å². The van der Waals surface area contributed by atoms with Crippen LogP contribution in [0.1, 0.15) is 74.9 Å². The van der Waals surface area contributed by atoms with Gasteiger partial charge in [-0.1, -0.05) is 34.6 Å². The molecule has 0 saturated heterocycles. The van der Waals surface area contributed by atoms with Gasteiger partial charge in [-0.05, 0) is 45.7 Å². The lowest BCUT2D eigenvalue weighted by Gasteiger charge is -2.23. The minimum absolute atomic E-state index is 0.0760. The fourth-order valence-electron chi connectivity index (χ4n) is 4.65. The number of rotatable bonds is 9. The number of aromatic amines is 1. The van der Waals surface area contributed by atoms with Crippen molar-refractivity contribution in [1.29, 1.82) is 0 Å². The van der Waals surface area contributed by atoms with Crippen LogP contribution in [-0.2, 0) is 29.1 Å². The minimum Gasteiger partial charge on any atom is -0.480 e. The molecule has 4 aromatic rings. The van der Waals surface area contributed by atoms with E-state index in [1.165, 1.54) is 7.11 Å². The summed E-state index contributed by atoms with van der Waals surface area (Å²) in [6.07, 6.45) is 1.06. The van der Waals surface area contributed by atoms with E-state index in [0.29, 0.717) is 41.1 Å². The zero-order chi connectivity index (χ0) is 30.3. The zero-order valence-electron chi connectivity index (χ0n) is 25.4. The summed E-state index contributed by atoms with van der Waals surface area (Å²) in [7, 11) is 1.54. The van der Waals surface area contributed by atoms with E-state index in [2.05, 4.69) is 25.8 Å². The fraction of sp³-hybridized carbons (Fsp3) is 0.517. The second kappa shape index (κ2) is 11.0. The number of aryl methyl sites for hydroxylation is 4. The Labute approximate surface area is 238 Å². The number of fused-ring (bicyclic) bond motifs is 2. The molecular formula is C29H40N8O4. The topological polar surface area (TPSA) is 148 Å². The Bertz CT molecular complexity index is 1690. The minimum atomic E-state index is -0.731. The Morgan fingerprint density at radius 1 is 0.927 bits per heavy atom. The molecule has 4 rings (SSSR count). The number of nitrogens with one attached hydrogen (secondary N) is 3. The lowest BCUT2D eigenvalue weighted by atomic mass is 9.86. The number of H-pyrrole nitrogens is 1. The van der Waals surface area contributed by atoms with Gasteiger partial charge in [0.25, 0.3) is 5.56 Å². The average Bonchev–Trinajstić information content (AvgIpc) is 3.41. The molecular weight excluding hydrogens is 524 g/mol. The van der Waals surface area contributed by atoms with E-state index >= 15 is 0 Å². The summed E-state index contributed by atoms with van der Waals surface area (Å²) in [5.74, 6) is 0.144. The Hall–Kier alpha value is -4.22. The van der Waals surface area contributed by atoms with Crippen molar-refractivity contribution < 1.29 is 14.3 Å². The van der Waals surface area contributed by atoms with E-state index in [4.69, 9.17) is 9.72 Å². The van der Waals surface area contributed by atoms with Crippen LogP contribution >= 0.6 is 0 Å². The molecule has 0 bridgehead atoms. The highest BCUT2D eigenvalue weighted by Crippen LogP contribution is 2.26. The first-order valence-corrected chi connectivity index (χ1v) is 13.7. The number of carbonyl (C=O) groups excluding carboxylic acids is 2. The number of methoxy groups -OCH3 is 1. The summed E-state index contributed by atoms with van der Waals surface area (Å²) in [4.78, 5) is 47.6. The molecule has 2 amide bonds. The maximum absolute atomic E-state index is 13.2. The van der Waals surface area contributed by atoms with E-state index in [9.17, 15) is 14.4 Å². The third-order valence-electron chi connectivity index (χ3n) is 7.25. The van der Waals surface area contributed by atoms with Gasteiger partial charge in [0, 0.05) is 33.6 Å². The third kappa shape index (κ3) is 6.10. The number of carbonyl (C=O) groups is 2. The lowest BCUT2D eigenvalue weighted by molar-refractivity contribution is -0.130. The SMILES string of the molecule is COc1nn2c(C)cc(CCC(C)(C)C(=O)NCc3c(=O)[nH]n4c(C)cc(C)nc34)nc2c1CNC(=O)C(C)(C)C. The van der Waals surface area contributed by atoms with E-state index < -0.39 is 10.8 Å². The molecule has 0 saturated carbocycles. The van der Waals surface area contributed by atoms with Crippen LogP contribution < -0.4 is 20.9 Å². The van der Waals surface area contributed by atoms with Crippen LogP contribution in [0.25, 0.3) is 11.3 Å². The number of hydrogen-bond acceptors (Lipinski definition) is 7. The third-order valence-corrected chi connectivity index (χ3v) is 7.25. The molecule has 41 heavy (non-hydrogen) atoms. The lowest BCUT2D eigenvalue weighted by Crippen LogP contribution is -2.37. The summed E-state index contributed by atoms with van der Waals surface area (Å²) in [6.45, 7) is 15.3. The van der Waals surface area contributed by atoms with Crippen molar-refractivity contribution in [3.05, 3.63) is 56.4 Å². The summed E-state index contributed by atoms with van der Waals surface area (Å²) in [5, 5.41) is 13.2. The highest BCUT2D eigenvalue weighted by Gasteiger charge is 2.29. The van der Waals surface area contributed by atoms with E-state index in [0.717, 1.165) is 22.8 Å². The number of nitrogens with zero attached hydrogens (tertiary/aromatic N) is 5. The van der Waals surface area contributed by atoms with Crippen molar-refractivity contribution in [3.8, 4) is 5.88 Å². The van der Waals surface area contributed by atoms with Gasteiger partial charge < -0.3 is 15.4 Å². The van der Waals surface area contributed by atoms with Crippen LogP contribution in [0.5, 0.6) is 5.88 Å². The van der Waals surface area contributed by atoms with Gasteiger partial charge in [0.1, 0.15) is 0 Å². The summed E-state index contributed by atoms with van der Waals surface area (Å²) in [5.41, 5.74) is 4.00.